The fourth-order valence-electron chi connectivity index (χ4n) is 1.95. The third-order valence-corrected chi connectivity index (χ3v) is 3.22. The largest absolute Gasteiger partial charge is 0.295 e. The molecule has 0 aliphatic heterocycles. The van der Waals surface area contributed by atoms with E-state index in [-0.39, 0.29) is 0 Å². The highest BCUT2D eigenvalue weighted by Gasteiger charge is 2.11. The van der Waals surface area contributed by atoms with Crippen LogP contribution < -0.4 is 0 Å². The summed E-state index contributed by atoms with van der Waals surface area (Å²) in [6.07, 6.45) is 3.48. The highest BCUT2D eigenvalue weighted by Crippen LogP contribution is 2.23. The Bertz CT molecular complexity index is 689. The maximum absolute atomic E-state index is 5.95. The molecule has 0 radical (unpaired) electrons. The van der Waals surface area contributed by atoms with E-state index in [2.05, 4.69) is 9.97 Å². The summed E-state index contributed by atoms with van der Waals surface area (Å²) in [7, 11) is 0. The fourth-order valence-corrected chi connectivity index (χ4v) is 2.26. The van der Waals surface area contributed by atoms with E-state index < -0.39 is 0 Å². The van der Waals surface area contributed by atoms with Crippen LogP contribution in [0.25, 0.3) is 16.7 Å². The van der Waals surface area contributed by atoms with Gasteiger partial charge in [0.2, 0.25) is 0 Å². The Labute approximate surface area is 114 Å². The number of pyridine rings is 1. The van der Waals surface area contributed by atoms with Gasteiger partial charge >= 0.3 is 0 Å². The topological polar surface area (TPSA) is 30.7 Å². The van der Waals surface area contributed by atoms with Crippen LogP contribution in [0.15, 0.2) is 42.7 Å². The SMILES string of the molecule is ClCc1nc2cnccc2n1-c1ccc(Cl)cc1. The summed E-state index contributed by atoms with van der Waals surface area (Å²) in [6.45, 7) is 0. The molecule has 0 N–H and O–H groups in total. The molecule has 0 saturated heterocycles. The lowest BCUT2D eigenvalue weighted by atomic mass is 10.3. The van der Waals surface area contributed by atoms with Crippen LogP contribution in [0.2, 0.25) is 5.02 Å². The van der Waals surface area contributed by atoms with Crippen molar-refractivity contribution in [2.24, 2.45) is 0 Å². The zero-order valence-corrected chi connectivity index (χ0v) is 10.9. The molecule has 0 spiro atoms. The monoisotopic (exact) mass is 277 g/mol. The second-order valence-corrected chi connectivity index (χ2v) is 4.54. The number of alkyl halides is 1. The number of aromatic nitrogens is 3. The minimum atomic E-state index is 0.345. The predicted octanol–water partition coefficient (Wildman–Crippen LogP) is 3.81. The van der Waals surface area contributed by atoms with E-state index in [1.165, 1.54) is 0 Å². The average molecular weight is 278 g/mol. The van der Waals surface area contributed by atoms with Crippen LogP contribution in [0.5, 0.6) is 0 Å². The Morgan fingerprint density at radius 2 is 1.89 bits per heavy atom. The van der Waals surface area contributed by atoms with E-state index in [1.54, 1.807) is 12.4 Å². The molecule has 2 heterocycles. The number of hydrogen-bond acceptors (Lipinski definition) is 2. The van der Waals surface area contributed by atoms with Crippen molar-refractivity contribution in [2.45, 2.75) is 5.88 Å². The highest BCUT2D eigenvalue weighted by atomic mass is 35.5. The second-order valence-electron chi connectivity index (χ2n) is 3.84. The summed E-state index contributed by atoms with van der Waals surface area (Å²) in [5.41, 5.74) is 2.81. The lowest BCUT2D eigenvalue weighted by molar-refractivity contribution is 0.982. The first kappa shape index (κ1) is 11.5. The van der Waals surface area contributed by atoms with Gasteiger partial charge in [-0.3, -0.25) is 9.55 Å². The smallest absolute Gasteiger partial charge is 0.129 e. The van der Waals surface area contributed by atoms with Crippen LogP contribution in [-0.4, -0.2) is 14.5 Å². The van der Waals surface area contributed by atoms with Gasteiger partial charge in [-0.15, -0.1) is 11.6 Å². The van der Waals surface area contributed by atoms with Crippen molar-refractivity contribution in [1.29, 1.82) is 0 Å². The Kier molecular flexibility index (Phi) is 2.94. The molecule has 2 aromatic heterocycles. The lowest BCUT2D eigenvalue weighted by Crippen LogP contribution is -1.98. The quantitative estimate of drug-likeness (QED) is 0.667. The number of halogens is 2. The molecule has 0 atom stereocenters. The first-order chi connectivity index (χ1) is 8.79. The van der Waals surface area contributed by atoms with E-state index in [1.807, 2.05) is 34.9 Å². The van der Waals surface area contributed by atoms with Crippen LogP contribution in [0, 0.1) is 0 Å². The number of rotatable bonds is 2. The first-order valence-electron chi connectivity index (χ1n) is 5.43. The van der Waals surface area contributed by atoms with Gasteiger partial charge in [-0.2, -0.15) is 0 Å². The Morgan fingerprint density at radius 1 is 1.11 bits per heavy atom. The minimum absolute atomic E-state index is 0.345. The number of benzene rings is 1. The van der Waals surface area contributed by atoms with Crippen molar-refractivity contribution in [3.05, 3.63) is 53.6 Å². The van der Waals surface area contributed by atoms with Gasteiger partial charge in [0, 0.05) is 16.9 Å². The van der Waals surface area contributed by atoms with E-state index in [9.17, 15) is 0 Å². The first-order valence-corrected chi connectivity index (χ1v) is 6.34. The molecule has 5 heteroatoms. The van der Waals surface area contributed by atoms with Crippen molar-refractivity contribution in [2.75, 3.05) is 0 Å². The van der Waals surface area contributed by atoms with Crippen LogP contribution >= 0.6 is 23.2 Å². The molecule has 90 valence electrons. The molecular weight excluding hydrogens is 269 g/mol. The van der Waals surface area contributed by atoms with Crippen molar-refractivity contribution in [1.82, 2.24) is 14.5 Å². The minimum Gasteiger partial charge on any atom is -0.295 e. The molecule has 0 bridgehead atoms. The van der Waals surface area contributed by atoms with Gasteiger partial charge in [-0.05, 0) is 30.3 Å². The normalized spacial score (nSPS) is 11.0. The van der Waals surface area contributed by atoms with Gasteiger partial charge < -0.3 is 0 Å². The van der Waals surface area contributed by atoms with Crippen molar-refractivity contribution in [3.8, 4) is 5.69 Å². The molecule has 3 aromatic rings. The van der Waals surface area contributed by atoms with Crippen LogP contribution in [0.3, 0.4) is 0 Å². The Balaban J connectivity index is 2.29. The lowest BCUT2D eigenvalue weighted by Gasteiger charge is -2.07. The molecule has 0 amide bonds. The maximum atomic E-state index is 5.95. The zero-order chi connectivity index (χ0) is 12.5. The molecule has 3 rings (SSSR count). The summed E-state index contributed by atoms with van der Waals surface area (Å²) in [5, 5.41) is 0.706. The number of imidazole rings is 1. The van der Waals surface area contributed by atoms with E-state index in [0.717, 1.165) is 22.5 Å². The fraction of sp³-hybridized carbons (Fsp3) is 0.0769. The Morgan fingerprint density at radius 3 is 2.61 bits per heavy atom. The van der Waals surface area contributed by atoms with Crippen LogP contribution in [-0.2, 0) is 5.88 Å². The molecule has 0 unspecified atom stereocenters. The van der Waals surface area contributed by atoms with Crippen molar-refractivity contribution >= 4 is 34.2 Å². The van der Waals surface area contributed by atoms with Gasteiger partial charge in [0.15, 0.2) is 0 Å². The maximum Gasteiger partial charge on any atom is 0.129 e. The standard InChI is InChI=1S/C13H9Cl2N3/c14-7-13-17-11-8-16-6-5-12(11)18(13)10-3-1-9(15)2-4-10/h1-6,8H,7H2. The van der Waals surface area contributed by atoms with Gasteiger partial charge in [0.05, 0.1) is 17.6 Å². The third-order valence-electron chi connectivity index (χ3n) is 2.73. The Hall–Kier alpha value is -1.58. The molecule has 1 aromatic carbocycles. The van der Waals surface area contributed by atoms with Gasteiger partial charge in [-0.1, -0.05) is 11.6 Å². The molecule has 0 saturated carbocycles. The summed E-state index contributed by atoms with van der Waals surface area (Å²) >= 11 is 11.9. The van der Waals surface area contributed by atoms with Gasteiger partial charge in [-0.25, -0.2) is 4.98 Å². The van der Waals surface area contributed by atoms with Crippen molar-refractivity contribution < 1.29 is 0 Å². The summed E-state index contributed by atoms with van der Waals surface area (Å²) < 4.78 is 2.01. The number of hydrogen-bond donors (Lipinski definition) is 0. The highest BCUT2D eigenvalue weighted by molar-refractivity contribution is 6.30. The molecule has 0 aliphatic carbocycles. The van der Waals surface area contributed by atoms with Crippen LogP contribution in [0.1, 0.15) is 5.82 Å². The van der Waals surface area contributed by atoms with Gasteiger partial charge in [0.1, 0.15) is 11.3 Å². The third kappa shape index (κ3) is 1.85. The zero-order valence-electron chi connectivity index (χ0n) is 9.35. The second kappa shape index (κ2) is 4.59. The molecule has 0 fully saturated rings. The van der Waals surface area contributed by atoms with Crippen LogP contribution in [0.4, 0.5) is 0 Å². The molecular formula is C13H9Cl2N3. The summed E-state index contributed by atoms with van der Waals surface area (Å²) in [5.74, 6) is 1.14. The molecule has 18 heavy (non-hydrogen) atoms. The number of nitrogens with zero attached hydrogens (tertiary/aromatic N) is 3. The number of fused-ring (bicyclic) bond motifs is 1. The van der Waals surface area contributed by atoms with Gasteiger partial charge in [0.25, 0.3) is 0 Å². The predicted molar refractivity (Wildman–Crippen MR) is 73.4 cm³/mol. The summed E-state index contributed by atoms with van der Waals surface area (Å²) in [6, 6.07) is 9.51. The van der Waals surface area contributed by atoms with E-state index in [0.29, 0.717) is 10.9 Å². The van der Waals surface area contributed by atoms with E-state index >= 15 is 0 Å². The van der Waals surface area contributed by atoms with E-state index in [4.69, 9.17) is 23.2 Å². The average Bonchev–Trinajstić information content (AvgIpc) is 2.78. The summed E-state index contributed by atoms with van der Waals surface area (Å²) in [4.78, 5) is 8.53. The molecule has 0 aliphatic rings. The molecule has 3 nitrogen and oxygen atoms in total. The van der Waals surface area contributed by atoms with Crippen molar-refractivity contribution in [3.63, 3.8) is 0 Å².